The first-order valence-corrected chi connectivity index (χ1v) is 10.5. The van der Waals surface area contributed by atoms with Crippen molar-refractivity contribution in [3.05, 3.63) is 53.9 Å². The Bertz CT molecular complexity index is 1330. The van der Waals surface area contributed by atoms with Crippen LogP contribution in [0.5, 0.6) is 11.5 Å². The molecule has 4 aromatic rings. The van der Waals surface area contributed by atoms with Crippen LogP contribution in [0.25, 0.3) is 16.6 Å². The van der Waals surface area contributed by atoms with Gasteiger partial charge >= 0.3 is 6.29 Å². The van der Waals surface area contributed by atoms with Gasteiger partial charge in [0.05, 0.1) is 0 Å². The Morgan fingerprint density at radius 3 is 2.78 bits per heavy atom. The van der Waals surface area contributed by atoms with Crippen LogP contribution in [-0.4, -0.2) is 50.4 Å². The van der Waals surface area contributed by atoms with Crippen LogP contribution in [-0.2, 0) is 6.42 Å². The maximum Gasteiger partial charge on any atom is 0.586 e. The van der Waals surface area contributed by atoms with Crippen molar-refractivity contribution in [1.29, 1.82) is 0 Å². The third-order valence-corrected chi connectivity index (χ3v) is 6.08. The fourth-order valence-corrected chi connectivity index (χ4v) is 4.54. The molecule has 164 valence electrons. The van der Waals surface area contributed by atoms with Crippen molar-refractivity contribution >= 4 is 22.5 Å². The molecule has 8 nitrogen and oxygen atoms in total. The maximum atomic E-state index is 13.5. The van der Waals surface area contributed by atoms with Crippen LogP contribution in [0, 0.1) is 0 Å². The van der Waals surface area contributed by atoms with Gasteiger partial charge in [0.15, 0.2) is 23.0 Å². The van der Waals surface area contributed by atoms with Gasteiger partial charge in [-0.15, -0.1) is 13.9 Å². The lowest BCUT2D eigenvalue weighted by Gasteiger charge is -2.15. The summed E-state index contributed by atoms with van der Waals surface area (Å²) in [7, 11) is 0. The molecule has 2 aliphatic heterocycles. The summed E-state index contributed by atoms with van der Waals surface area (Å²) in [4.78, 5) is 11.3. The van der Waals surface area contributed by atoms with Crippen LogP contribution in [0.3, 0.4) is 0 Å². The largest absolute Gasteiger partial charge is 0.586 e. The molecule has 2 aromatic carbocycles. The van der Waals surface area contributed by atoms with Crippen LogP contribution in [0.1, 0.15) is 23.7 Å². The molecule has 32 heavy (non-hydrogen) atoms. The average Bonchev–Trinajstić information content (AvgIpc) is 3.49. The van der Waals surface area contributed by atoms with Gasteiger partial charge in [0.25, 0.3) is 0 Å². The highest BCUT2D eigenvalue weighted by atomic mass is 19.3. The van der Waals surface area contributed by atoms with E-state index < -0.39 is 6.29 Å². The Morgan fingerprint density at radius 1 is 1.09 bits per heavy atom. The minimum Gasteiger partial charge on any atom is -0.395 e. The van der Waals surface area contributed by atoms with Crippen molar-refractivity contribution in [3.8, 4) is 11.5 Å². The van der Waals surface area contributed by atoms with Crippen LogP contribution in [0.15, 0.2) is 42.5 Å². The first-order valence-electron chi connectivity index (χ1n) is 10.5. The van der Waals surface area contributed by atoms with E-state index in [-0.39, 0.29) is 23.0 Å². The number of nitrogens with two attached hydrogens (primary N) is 1. The smallest absolute Gasteiger partial charge is 0.395 e. The van der Waals surface area contributed by atoms with Gasteiger partial charge in [-0.3, -0.25) is 0 Å². The lowest BCUT2D eigenvalue weighted by Crippen LogP contribution is -2.26. The number of anilines is 1. The quantitative estimate of drug-likeness (QED) is 0.523. The summed E-state index contributed by atoms with van der Waals surface area (Å²) in [6.07, 6.45) is -1.96. The van der Waals surface area contributed by atoms with E-state index in [1.165, 1.54) is 16.1 Å². The molecule has 2 aromatic heterocycles. The second kappa shape index (κ2) is 6.99. The summed E-state index contributed by atoms with van der Waals surface area (Å²) >= 11 is 0. The molecule has 0 aliphatic carbocycles. The Balaban J connectivity index is 1.25. The van der Waals surface area contributed by atoms with Gasteiger partial charge in [0.1, 0.15) is 5.52 Å². The number of likely N-dealkylation sites (tertiary alicyclic amines) is 1. The molecule has 0 saturated carbocycles. The highest BCUT2D eigenvalue weighted by molar-refractivity contribution is 5.97. The van der Waals surface area contributed by atoms with Gasteiger partial charge < -0.3 is 20.1 Å². The average molecular weight is 438 g/mol. The SMILES string of the molecule is Nc1nc2c3c(ccc2c2nc(CCN4CC[C@H](c5ccccc5)C4)nn12)OC(F)(F)O3. The molecule has 0 bridgehead atoms. The molecule has 6 rings (SSSR count). The zero-order chi connectivity index (χ0) is 21.9. The maximum absolute atomic E-state index is 13.5. The predicted octanol–water partition coefficient (Wildman–Crippen LogP) is 3.21. The zero-order valence-corrected chi connectivity index (χ0v) is 17.0. The Labute approximate surface area is 181 Å². The number of fused-ring (bicyclic) bond motifs is 5. The van der Waals surface area contributed by atoms with E-state index >= 15 is 0 Å². The third-order valence-electron chi connectivity index (χ3n) is 6.08. The van der Waals surface area contributed by atoms with E-state index in [1.807, 2.05) is 6.07 Å². The summed E-state index contributed by atoms with van der Waals surface area (Å²) in [6, 6.07) is 13.6. The highest BCUT2D eigenvalue weighted by Crippen LogP contribution is 2.45. The standard InChI is InChI=1S/C22H20F2N6O2/c23-22(24)31-16-7-6-15-18(19(16)32-22)27-21(25)30-20(15)26-17(28-30)9-11-29-10-8-14(12-29)13-4-2-1-3-5-13/h1-7,14H,8-12H2,(H2,25,27)/t14-/m0/s1. The molecule has 1 saturated heterocycles. The molecule has 10 heteroatoms. The number of ether oxygens (including phenoxy) is 2. The Hall–Kier alpha value is -3.53. The van der Waals surface area contributed by atoms with Crippen LogP contribution in [0.4, 0.5) is 14.7 Å². The number of aromatic nitrogens is 4. The first-order chi connectivity index (χ1) is 15.5. The molecule has 2 aliphatic rings. The highest BCUT2D eigenvalue weighted by Gasteiger charge is 2.45. The second-order valence-electron chi connectivity index (χ2n) is 8.14. The number of nitrogen functional groups attached to an aromatic ring is 1. The monoisotopic (exact) mass is 438 g/mol. The number of halogens is 2. The number of nitrogens with zero attached hydrogens (tertiary/aromatic N) is 5. The summed E-state index contributed by atoms with van der Waals surface area (Å²) in [5.74, 6) is 0.980. The van der Waals surface area contributed by atoms with E-state index in [1.54, 1.807) is 6.07 Å². The number of alkyl halides is 2. The molecular weight excluding hydrogens is 418 g/mol. The fraction of sp³-hybridized carbons (Fsp3) is 0.318. The van der Waals surface area contributed by atoms with E-state index in [9.17, 15) is 8.78 Å². The summed E-state index contributed by atoms with van der Waals surface area (Å²) in [5, 5.41) is 5.01. The third kappa shape index (κ3) is 3.18. The molecule has 2 N–H and O–H groups in total. The summed E-state index contributed by atoms with van der Waals surface area (Å²) in [5.41, 5.74) is 8.05. The lowest BCUT2D eigenvalue weighted by atomic mass is 9.99. The van der Waals surface area contributed by atoms with Crippen molar-refractivity contribution in [2.24, 2.45) is 0 Å². The number of hydrogen-bond acceptors (Lipinski definition) is 7. The first kappa shape index (κ1) is 19.2. The molecule has 4 heterocycles. The summed E-state index contributed by atoms with van der Waals surface area (Å²) < 4.78 is 37.6. The Kier molecular flexibility index (Phi) is 4.19. The summed E-state index contributed by atoms with van der Waals surface area (Å²) in [6.45, 7) is 2.85. The molecule has 1 atom stereocenters. The van der Waals surface area contributed by atoms with E-state index in [0.29, 0.717) is 29.2 Å². The van der Waals surface area contributed by atoms with Gasteiger partial charge in [0.2, 0.25) is 5.95 Å². The molecule has 0 radical (unpaired) electrons. The van der Waals surface area contributed by atoms with Crippen molar-refractivity contribution < 1.29 is 18.3 Å². The van der Waals surface area contributed by atoms with Crippen LogP contribution >= 0.6 is 0 Å². The Morgan fingerprint density at radius 2 is 1.94 bits per heavy atom. The normalized spacial score (nSPS) is 19.9. The second-order valence-corrected chi connectivity index (χ2v) is 8.14. The predicted molar refractivity (Wildman–Crippen MR) is 113 cm³/mol. The van der Waals surface area contributed by atoms with Crippen molar-refractivity contribution in [1.82, 2.24) is 24.5 Å². The van der Waals surface area contributed by atoms with Crippen LogP contribution < -0.4 is 15.2 Å². The van der Waals surface area contributed by atoms with Crippen molar-refractivity contribution in [3.63, 3.8) is 0 Å². The van der Waals surface area contributed by atoms with E-state index in [4.69, 9.17) is 5.73 Å². The minimum absolute atomic E-state index is 0.0452. The van der Waals surface area contributed by atoms with E-state index in [0.717, 1.165) is 26.1 Å². The fourth-order valence-electron chi connectivity index (χ4n) is 4.54. The van der Waals surface area contributed by atoms with Gasteiger partial charge in [-0.05, 0) is 36.6 Å². The van der Waals surface area contributed by atoms with Crippen LogP contribution in [0.2, 0.25) is 0 Å². The van der Waals surface area contributed by atoms with E-state index in [2.05, 4.69) is 53.7 Å². The lowest BCUT2D eigenvalue weighted by molar-refractivity contribution is -0.286. The van der Waals surface area contributed by atoms with Crippen molar-refractivity contribution in [2.45, 2.75) is 25.1 Å². The number of rotatable bonds is 4. The minimum atomic E-state index is -3.73. The molecule has 0 spiro atoms. The number of benzene rings is 2. The molecule has 0 amide bonds. The number of hydrogen-bond donors (Lipinski definition) is 1. The van der Waals surface area contributed by atoms with Crippen molar-refractivity contribution in [2.75, 3.05) is 25.4 Å². The van der Waals surface area contributed by atoms with Gasteiger partial charge in [0, 0.05) is 24.9 Å². The zero-order valence-electron chi connectivity index (χ0n) is 17.0. The van der Waals surface area contributed by atoms with Gasteiger partial charge in [-0.2, -0.15) is 4.52 Å². The topological polar surface area (TPSA) is 90.8 Å². The molecule has 1 fully saturated rings. The van der Waals surface area contributed by atoms with Gasteiger partial charge in [-0.1, -0.05) is 30.3 Å². The molecular formula is C22H20F2N6O2. The van der Waals surface area contributed by atoms with Gasteiger partial charge in [-0.25, -0.2) is 9.97 Å². The molecule has 0 unspecified atom stereocenters.